The van der Waals surface area contributed by atoms with E-state index in [4.69, 9.17) is 26.2 Å². The maximum atomic E-state index is 14.0. The molecule has 2 fully saturated rings. The molecule has 3 aromatic rings. The van der Waals surface area contributed by atoms with Crippen LogP contribution in [-0.2, 0) is 19.6 Å². The van der Waals surface area contributed by atoms with Gasteiger partial charge in [0.15, 0.2) is 10.8 Å². The number of sulfonamides is 1. The van der Waals surface area contributed by atoms with E-state index in [1.807, 2.05) is 11.8 Å². The van der Waals surface area contributed by atoms with Crippen LogP contribution < -0.4 is 4.72 Å². The molecule has 1 aliphatic carbocycles. The molecule has 0 spiro atoms. The summed E-state index contributed by atoms with van der Waals surface area (Å²) in [5, 5.41) is 6.21. The van der Waals surface area contributed by atoms with Gasteiger partial charge in [-0.2, -0.15) is 23.5 Å². The van der Waals surface area contributed by atoms with Gasteiger partial charge in [-0.05, 0) is 38.0 Å². The van der Waals surface area contributed by atoms with Crippen molar-refractivity contribution in [1.82, 2.24) is 24.4 Å². The minimum atomic E-state index is -3.54. The minimum absolute atomic E-state index is 0.118. The summed E-state index contributed by atoms with van der Waals surface area (Å²) in [4.78, 5) is 27.5. The molecule has 1 saturated heterocycles. The summed E-state index contributed by atoms with van der Waals surface area (Å²) in [6.07, 6.45) is 4.54. The Morgan fingerprint density at radius 1 is 1.24 bits per heavy atom. The number of nitrogens with one attached hydrogen (secondary N) is 1. The number of rotatable bonds is 7. The van der Waals surface area contributed by atoms with Gasteiger partial charge >= 0.3 is 12.7 Å². The van der Waals surface area contributed by atoms with Crippen molar-refractivity contribution in [1.29, 1.82) is 0 Å². The SMILES string of the molecule is C[C@@]1(NS(=O)(=O)C2CC2)CC2=C(c3ccn(C(F)F)n3)[C@H](c3ccc(F)cc3Cl)N=C(c3nccs3)N2C1.O=C=O. The molecule has 0 amide bonds. The molecule has 2 aliphatic heterocycles. The molecule has 216 valence electrons. The number of alkyl halides is 2. The van der Waals surface area contributed by atoms with Crippen LogP contribution in [0.4, 0.5) is 13.2 Å². The predicted octanol–water partition coefficient (Wildman–Crippen LogP) is 4.40. The van der Waals surface area contributed by atoms with E-state index in [2.05, 4.69) is 14.8 Å². The van der Waals surface area contributed by atoms with E-state index in [0.29, 0.717) is 45.2 Å². The average molecular weight is 627 g/mol. The Kier molecular flexibility index (Phi) is 7.92. The van der Waals surface area contributed by atoms with Gasteiger partial charge in [0.1, 0.15) is 11.9 Å². The number of carbonyl (C=O) groups excluding carboxylic acids is 2. The first-order valence-electron chi connectivity index (χ1n) is 12.3. The van der Waals surface area contributed by atoms with Crippen molar-refractivity contribution in [3.63, 3.8) is 0 Å². The highest BCUT2D eigenvalue weighted by Gasteiger charge is 2.49. The average Bonchev–Trinajstić information content (AvgIpc) is 3.28. The lowest BCUT2D eigenvalue weighted by Gasteiger charge is -2.32. The summed E-state index contributed by atoms with van der Waals surface area (Å²) >= 11 is 7.83. The number of amidine groups is 1. The molecule has 3 aliphatic rings. The van der Waals surface area contributed by atoms with E-state index in [1.54, 1.807) is 11.6 Å². The first-order chi connectivity index (χ1) is 19.5. The van der Waals surface area contributed by atoms with Gasteiger partial charge in [-0.15, -0.1) is 11.3 Å². The number of fused-ring (bicyclic) bond motifs is 1. The lowest BCUT2D eigenvalue weighted by atomic mass is 9.91. The number of hydrogen-bond acceptors (Lipinski definition) is 9. The third-order valence-electron chi connectivity index (χ3n) is 6.80. The largest absolute Gasteiger partial charge is 0.373 e. The summed E-state index contributed by atoms with van der Waals surface area (Å²) in [5.74, 6) is -0.0359. The lowest BCUT2D eigenvalue weighted by molar-refractivity contribution is -0.191. The van der Waals surface area contributed by atoms with Crippen molar-refractivity contribution in [2.45, 2.75) is 49.6 Å². The normalized spacial score (nSPS) is 22.2. The van der Waals surface area contributed by atoms with Crippen molar-refractivity contribution in [3.8, 4) is 0 Å². The number of nitrogens with zero attached hydrogens (tertiary/aromatic N) is 5. The van der Waals surface area contributed by atoms with Crippen LogP contribution in [0.1, 0.15) is 55.0 Å². The Hall–Kier alpha value is -3.36. The van der Waals surface area contributed by atoms with Crippen molar-refractivity contribution < 1.29 is 31.2 Å². The number of benzene rings is 1. The first-order valence-corrected chi connectivity index (χ1v) is 15.1. The number of aromatic nitrogens is 3. The second-order valence-electron chi connectivity index (χ2n) is 9.93. The van der Waals surface area contributed by atoms with Gasteiger partial charge in [-0.3, -0.25) is 4.99 Å². The molecule has 0 bridgehead atoms. The monoisotopic (exact) mass is 626 g/mol. The molecule has 4 heterocycles. The van der Waals surface area contributed by atoms with Gasteiger partial charge in [-0.1, -0.05) is 17.7 Å². The Labute approximate surface area is 241 Å². The van der Waals surface area contributed by atoms with Crippen LogP contribution in [-0.4, -0.2) is 57.4 Å². The summed E-state index contributed by atoms with van der Waals surface area (Å²) in [6.45, 7) is -0.793. The number of hydrogen-bond donors (Lipinski definition) is 1. The van der Waals surface area contributed by atoms with Crippen LogP contribution in [0, 0.1) is 5.82 Å². The van der Waals surface area contributed by atoms with Gasteiger partial charge < -0.3 is 4.90 Å². The Morgan fingerprint density at radius 2 is 1.98 bits per heavy atom. The number of halogens is 4. The molecule has 16 heteroatoms. The second-order valence-corrected chi connectivity index (χ2v) is 13.2. The summed E-state index contributed by atoms with van der Waals surface area (Å²) in [6, 6.07) is 4.58. The quantitative estimate of drug-likeness (QED) is 0.412. The molecular weight excluding hydrogens is 605 g/mol. The van der Waals surface area contributed by atoms with Crippen molar-refractivity contribution in [3.05, 3.63) is 74.8 Å². The molecule has 1 aromatic carbocycles. The minimum Gasteiger partial charge on any atom is -0.326 e. The van der Waals surface area contributed by atoms with Crippen LogP contribution >= 0.6 is 22.9 Å². The smallest absolute Gasteiger partial charge is 0.326 e. The third-order valence-corrected chi connectivity index (χ3v) is 10.0. The lowest BCUT2D eigenvalue weighted by Crippen LogP contribution is -2.49. The zero-order valence-electron chi connectivity index (χ0n) is 21.3. The van der Waals surface area contributed by atoms with Crippen LogP contribution in [0.15, 0.2) is 52.7 Å². The fourth-order valence-corrected chi connectivity index (χ4v) is 7.69. The highest BCUT2D eigenvalue weighted by molar-refractivity contribution is 7.90. The highest BCUT2D eigenvalue weighted by atomic mass is 35.5. The summed E-state index contributed by atoms with van der Waals surface area (Å²) in [7, 11) is -3.54. The molecule has 2 atom stereocenters. The predicted molar refractivity (Wildman–Crippen MR) is 143 cm³/mol. The van der Waals surface area contributed by atoms with Crippen LogP contribution in [0.5, 0.6) is 0 Å². The third kappa shape index (κ3) is 5.86. The van der Waals surface area contributed by atoms with Crippen LogP contribution in [0.2, 0.25) is 5.02 Å². The zero-order chi connectivity index (χ0) is 29.5. The molecule has 1 N–H and O–H groups in total. The van der Waals surface area contributed by atoms with E-state index >= 15 is 0 Å². The van der Waals surface area contributed by atoms with Crippen molar-refractivity contribution in [2.24, 2.45) is 4.99 Å². The molecule has 0 radical (unpaired) electrons. The highest BCUT2D eigenvalue weighted by Crippen LogP contribution is 2.48. The van der Waals surface area contributed by atoms with E-state index in [1.165, 1.54) is 41.8 Å². The fourth-order valence-electron chi connectivity index (χ4n) is 5.03. The number of thiazole rings is 1. The first kappa shape index (κ1) is 29.1. The summed E-state index contributed by atoms with van der Waals surface area (Å²) < 4.78 is 70.2. The topological polar surface area (TPSA) is 127 Å². The molecule has 10 nitrogen and oxygen atoms in total. The van der Waals surface area contributed by atoms with Crippen molar-refractivity contribution >= 4 is 50.5 Å². The van der Waals surface area contributed by atoms with Gasteiger partial charge in [-0.25, -0.2) is 27.2 Å². The maximum Gasteiger partial charge on any atom is 0.373 e. The van der Waals surface area contributed by atoms with Gasteiger partial charge in [0.25, 0.3) is 0 Å². The molecule has 0 unspecified atom stereocenters. The maximum absolute atomic E-state index is 14.0. The zero-order valence-corrected chi connectivity index (χ0v) is 23.7. The molecule has 1 saturated carbocycles. The van der Waals surface area contributed by atoms with Gasteiger partial charge in [0.05, 0.1) is 16.5 Å². The van der Waals surface area contributed by atoms with Crippen LogP contribution in [0.25, 0.3) is 5.57 Å². The fraction of sp³-hybridized carbons (Fsp3) is 0.360. The molecular formula is C25H22ClF3N6O4S2. The van der Waals surface area contributed by atoms with E-state index in [0.717, 1.165) is 0 Å². The van der Waals surface area contributed by atoms with Crippen LogP contribution in [0.3, 0.4) is 0 Å². The standard InChI is InChI=1S/C24H22ClF3N6O2S2.CO2/c1-24(32-38(35,36)14-3-4-14)11-18-19(17-6-8-34(31-17)23(27)28)20(15-5-2-13(26)10-16(15)25)30-21(33(18)12-24)22-29-7-9-37-22;2-1-3/h2,5-10,14,20,23,32H,3-4,11-12H2,1H3;/t20-,24+;/m0./s1. The van der Waals surface area contributed by atoms with E-state index < -0.39 is 39.2 Å². The van der Waals surface area contributed by atoms with Gasteiger partial charge in [0.2, 0.25) is 10.0 Å². The van der Waals surface area contributed by atoms with E-state index in [9.17, 15) is 21.6 Å². The van der Waals surface area contributed by atoms with Gasteiger partial charge in [0, 0.05) is 52.6 Å². The second kappa shape index (κ2) is 11.1. The van der Waals surface area contributed by atoms with E-state index in [-0.39, 0.29) is 29.8 Å². The molecule has 41 heavy (non-hydrogen) atoms. The summed E-state index contributed by atoms with van der Waals surface area (Å²) in [5.41, 5.74) is 0.950. The van der Waals surface area contributed by atoms with Crippen molar-refractivity contribution in [2.75, 3.05) is 6.54 Å². The molecule has 2 aromatic heterocycles. The Morgan fingerprint density at radius 3 is 2.56 bits per heavy atom. The molecule has 6 rings (SSSR count). The Balaban J connectivity index is 0.00000108. The number of aliphatic imine (C=N–C) groups is 1. The Bertz CT molecular complexity index is 1670.